The number of aliphatic hydroxyl groups excluding tert-OH is 2. The Morgan fingerprint density at radius 1 is 0.655 bits per heavy atom. The third-order valence-electron chi connectivity index (χ3n) is 7.23. The second-order valence-corrected chi connectivity index (χ2v) is 11.3. The summed E-state index contributed by atoms with van der Waals surface area (Å²) in [4.78, 5) is 23.2. The molecule has 0 bridgehead atoms. The Bertz CT molecular complexity index is 2230. The van der Waals surface area contributed by atoms with Gasteiger partial charge >= 0.3 is 36.0 Å². The second-order valence-electron chi connectivity index (χ2n) is 11.3. The monoisotopic (exact) mass is 816 g/mol. The summed E-state index contributed by atoms with van der Waals surface area (Å²) in [5.74, 6) is -1.83. The molecule has 58 heavy (non-hydrogen) atoms. The molecule has 0 unspecified atom stereocenters. The number of methoxy groups -OCH3 is 1. The Balaban J connectivity index is 0.000000236. The van der Waals surface area contributed by atoms with Crippen LogP contribution in [-0.4, -0.2) is 75.9 Å². The number of benzene rings is 4. The molecule has 0 fully saturated rings. The summed E-state index contributed by atoms with van der Waals surface area (Å²) < 4.78 is 91.1. The standard InChI is InChI=1S/C18H15F3N4O3.C17H12F3N3O3.C2H7NO/c19-18(20,21)11-5-7-12(8-6-11)23-14-4-2-1-3-13(14)16-24-25-17(28-16)15(27)22-9-10-26;1-25-16(24)15-23-22-14(26-15)12-4-2-3-5-13(12)21-11-8-6-10(7-9-11)17(18,19)20;3-1-2-4/h1-8,23,26H,9-10H2,(H,22,27);2-9,21H,1H3;4H,1-3H2. The molecule has 0 saturated carbocycles. The van der Waals surface area contributed by atoms with Crippen LogP contribution in [0.5, 0.6) is 0 Å². The molecule has 15 nitrogen and oxygen atoms in total. The van der Waals surface area contributed by atoms with Crippen LogP contribution in [0.1, 0.15) is 32.5 Å². The summed E-state index contributed by atoms with van der Waals surface area (Å²) in [7, 11) is 1.19. The van der Waals surface area contributed by atoms with Gasteiger partial charge in [0.25, 0.3) is 5.89 Å². The number of hydrogen-bond donors (Lipinski definition) is 6. The van der Waals surface area contributed by atoms with Crippen molar-refractivity contribution in [1.29, 1.82) is 0 Å². The van der Waals surface area contributed by atoms with Crippen molar-refractivity contribution in [3.05, 3.63) is 120 Å². The molecular weight excluding hydrogens is 782 g/mol. The molecule has 0 spiro atoms. The van der Waals surface area contributed by atoms with E-state index in [-0.39, 0.29) is 43.3 Å². The fourth-order valence-electron chi connectivity index (χ4n) is 4.52. The zero-order valence-electron chi connectivity index (χ0n) is 30.1. The molecule has 0 aliphatic heterocycles. The molecule has 0 atom stereocenters. The average molecular weight is 817 g/mol. The van der Waals surface area contributed by atoms with Gasteiger partial charge in [-0.05, 0) is 72.8 Å². The number of nitrogens with one attached hydrogen (secondary N) is 3. The van der Waals surface area contributed by atoms with Crippen LogP contribution in [0, 0.1) is 0 Å². The number of nitrogens with two attached hydrogens (primary N) is 1. The highest BCUT2D eigenvalue weighted by atomic mass is 19.4. The Morgan fingerprint density at radius 3 is 1.47 bits per heavy atom. The fraction of sp³-hybridized carbons (Fsp3) is 0.189. The summed E-state index contributed by atoms with van der Waals surface area (Å²) in [6.07, 6.45) is -8.81. The van der Waals surface area contributed by atoms with Crippen LogP contribution in [0.4, 0.5) is 49.1 Å². The highest BCUT2D eigenvalue weighted by molar-refractivity contribution is 5.90. The summed E-state index contributed by atoms with van der Waals surface area (Å²) in [6, 6.07) is 22.7. The lowest BCUT2D eigenvalue weighted by molar-refractivity contribution is -0.138. The Morgan fingerprint density at radius 2 is 1.07 bits per heavy atom. The number of aliphatic hydroxyl groups is 2. The van der Waals surface area contributed by atoms with Crippen LogP contribution in [0.25, 0.3) is 22.9 Å². The summed E-state index contributed by atoms with van der Waals surface area (Å²) in [5.41, 5.74) is 6.14. The topological polar surface area (TPSA) is 224 Å². The van der Waals surface area contributed by atoms with Crippen LogP contribution in [0.3, 0.4) is 0 Å². The van der Waals surface area contributed by atoms with E-state index in [0.717, 1.165) is 24.3 Å². The van der Waals surface area contributed by atoms with Crippen molar-refractivity contribution in [3.63, 3.8) is 0 Å². The molecule has 2 heterocycles. The van der Waals surface area contributed by atoms with Gasteiger partial charge in [-0.15, -0.1) is 20.4 Å². The number of alkyl halides is 6. The van der Waals surface area contributed by atoms with Crippen LogP contribution in [0.2, 0.25) is 0 Å². The average Bonchev–Trinajstić information content (AvgIpc) is 3.92. The number of amides is 1. The van der Waals surface area contributed by atoms with Gasteiger partial charge in [-0.25, -0.2) is 4.79 Å². The number of hydrogen-bond acceptors (Lipinski definition) is 14. The SMILES string of the molecule is COC(=O)c1nnc(-c2ccccc2Nc2ccc(C(F)(F)F)cc2)o1.NCCO.O=C(NCCO)c1nnc(-c2ccccc2Nc2ccc(C(F)(F)F)cc2)o1. The Hall–Kier alpha value is -6.84. The summed E-state index contributed by atoms with van der Waals surface area (Å²) in [5, 5.41) is 39.8. The lowest BCUT2D eigenvalue weighted by atomic mass is 10.1. The van der Waals surface area contributed by atoms with Gasteiger partial charge in [0.05, 0.1) is 54.0 Å². The van der Waals surface area contributed by atoms with E-state index in [0.29, 0.717) is 40.4 Å². The predicted molar refractivity (Wildman–Crippen MR) is 196 cm³/mol. The number of nitrogens with zero attached hydrogens (tertiary/aromatic N) is 4. The van der Waals surface area contributed by atoms with Gasteiger partial charge in [-0.2, -0.15) is 26.3 Å². The van der Waals surface area contributed by atoms with Gasteiger partial charge in [-0.3, -0.25) is 4.79 Å². The molecule has 6 aromatic rings. The van der Waals surface area contributed by atoms with Gasteiger partial charge < -0.3 is 45.5 Å². The first-order valence-corrected chi connectivity index (χ1v) is 16.7. The first-order chi connectivity index (χ1) is 27.7. The van der Waals surface area contributed by atoms with Crippen molar-refractivity contribution >= 4 is 34.6 Å². The highest BCUT2D eigenvalue weighted by Crippen LogP contribution is 2.34. The molecule has 21 heteroatoms. The molecule has 4 aromatic carbocycles. The molecule has 0 aliphatic carbocycles. The third-order valence-corrected chi connectivity index (χ3v) is 7.23. The molecule has 306 valence electrons. The molecule has 1 amide bonds. The van der Waals surface area contributed by atoms with Crippen molar-refractivity contribution in [2.24, 2.45) is 5.73 Å². The first-order valence-electron chi connectivity index (χ1n) is 16.7. The normalized spacial score (nSPS) is 11.0. The third kappa shape index (κ3) is 12.3. The summed E-state index contributed by atoms with van der Waals surface area (Å²) >= 11 is 0. The van der Waals surface area contributed by atoms with E-state index in [1.807, 2.05) is 0 Å². The number of aromatic nitrogens is 4. The van der Waals surface area contributed by atoms with Crippen LogP contribution < -0.4 is 21.7 Å². The lowest BCUT2D eigenvalue weighted by Crippen LogP contribution is -2.26. The van der Waals surface area contributed by atoms with E-state index in [2.05, 4.69) is 41.1 Å². The van der Waals surface area contributed by atoms with Crippen molar-refractivity contribution in [2.75, 3.05) is 44.0 Å². The van der Waals surface area contributed by atoms with Crippen molar-refractivity contribution < 1.29 is 59.7 Å². The number of carbonyl (C=O) groups is 2. The van der Waals surface area contributed by atoms with E-state index >= 15 is 0 Å². The number of anilines is 4. The second kappa shape index (κ2) is 20.4. The number of esters is 1. The molecular formula is C37H34F6N8O7. The van der Waals surface area contributed by atoms with Crippen LogP contribution >= 0.6 is 0 Å². The highest BCUT2D eigenvalue weighted by Gasteiger charge is 2.31. The van der Waals surface area contributed by atoms with E-state index in [4.69, 9.17) is 24.8 Å². The fourth-order valence-corrected chi connectivity index (χ4v) is 4.52. The zero-order chi connectivity index (χ0) is 42.3. The molecule has 2 aromatic heterocycles. The minimum Gasteiger partial charge on any atom is -0.462 e. The zero-order valence-corrected chi connectivity index (χ0v) is 30.1. The van der Waals surface area contributed by atoms with Gasteiger partial charge in [-0.1, -0.05) is 24.3 Å². The smallest absolute Gasteiger partial charge is 0.416 e. The molecule has 7 N–H and O–H groups in total. The number of rotatable bonds is 11. The Kier molecular flexibility index (Phi) is 15.4. The number of ether oxygens (including phenoxy) is 1. The van der Waals surface area contributed by atoms with Gasteiger partial charge in [0, 0.05) is 24.5 Å². The number of para-hydroxylation sites is 2. The molecule has 0 saturated heterocycles. The van der Waals surface area contributed by atoms with Gasteiger partial charge in [0.15, 0.2) is 0 Å². The van der Waals surface area contributed by atoms with Crippen LogP contribution in [0.15, 0.2) is 106 Å². The lowest BCUT2D eigenvalue weighted by Gasteiger charge is -2.11. The summed E-state index contributed by atoms with van der Waals surface area (Å²) in [6.45, 7) is 0.287. The van der Waals surface area contributed by atoms with Crippen molar-refractivity contribution in [2.45, 2.75) is 12.4 Å². The minimum absolute atomic E-state index is 0.0443. The van der Waals surface area contributed by atoms with E-state index in [1.165, 1.54) is 31.4 Å². The van der Waals surface area contributed by atoms with Gasteiger partial charge in [0.1, 0.15) is 0 Å². The maximum atomic E-state index is 12.7. The molecule has 0 radical (unpaired) electrons. The largest absolute Gasteiger partial charge is 0.462 e. The maximum absolute atomic E-state index is 12.7. The predicted octanol–water partition coefficient (Wildman–Crippen LogP) is 6.44. The maximum Gasteiger partial charge on any atom is 0.416 e. The Labute approximate surface area is 324 Å². The van der Waals surface area contributed by atoms with Crippen molar-refractivity contribution in [3.8, 4) is 22.9 Å². The number of halogens is 6. The quantitative estimate of drug-likeness (QED) is 0.0612. The van der Waals surface area contributed by atoms with E-state index in [9.17, 15) is 35.9 Å². The van der Waals surface area contributed by atoms with Gasteiger partial charge in [0.2, 0.25) is 5.89 Å². The van der Waals surface area contributed by atoms with E-state index < -0.39 is 35.4 Å². The van der Waals surface area contributed by atoms with E-state index in [1.54, 1.807) is 48.5 Å². The first kappa shape index (κ1) is 43.9. The minimum atomic E-state index is -4.41. The number of carbonyl (C=O) groups excluding carboxylic acids is 2. The molecule has 6 rings (SSSR count). The van der Waals surface area contributed by atoms with Crippen molar-refractivity contribution in [1.82, 2.24) is 25.7 Å². The molecule has 0 aliphatic rings. The van der Waals surface area contributed by atoms with Crippen LogP contribution in [-0.2, 0) is 17.1 Å².